The molecular formula is C25H29N5O3. The highest BCUT2D eigenvalue weighted by molar-refractivity contribution is 5.84. The SMILES string of the molecule is CC(C)(C)c1nn(-c2ccccc2)c2nc3c(cc12)CN(CCCN1CCCC1=O)C(=O)O3. The Kier molecular flexibility index (Phi) is 5.31. The predicted molar refractivity (Wildman–Crippen MR) is 124 cm³/mol. The number of pyridine rings is 1. The molecule has 1 saturated heterocycles. The molecule has 0 unspecified atom stereocenters. The minimum Gasteiger partial charge on any atom is -0.391 e. The van der Waals surface area contributed by atoms with Crippen LogP contribution in [0.4, 0.5) is 4.79 Å². The molecular weight excluding hydrogens is 418 g/mol. The summed E-state index contributed by atoms with van der Waals surface area (Å²) in [5, 5.41) is 5.87. The van der Waals surface area contributed by atoms with E-state index in [1.54, 1.807) is 4.90 Å². The lowest BCUT2D eigenvalue weighted by atomic mass is 9.90. The first kappa shape index (κ1) is 21.4. The second kappa shape index (κ2) is 8.17. The first-order valence-corrected chi connectivity index (χ1v) is 11.5. The van der Waals surface area contributed by atoms with E-state index in [0.29, 0.717) is 37.6 Å². The van der Waals surface area contributed by atoms with E-state index in [1.807, 2.05) is 39.9 Å². The Balaban J connectivity index is 1.45. The van der Waals surface area contributed by atoms with Crippen LogP contribution in [0.2, 0.25) is 0 Å². The van der Waals surface area contributed by atoms with Crippen molar-refractivity contribution in [1.29, 1.82) is 0 Å². The molecule has 2 aromatic heterocycles. The molecule has 0 saturated carbocycles. The van der Waals surface area contributed by atoms with Gasteiger partial charge < -0.3 is 14.5 Å². The van der Waals surface area contributed by atoms with Gasteiger partial charge in [0, 0.05) is 42.4 Å². The van der Waals surface area contributed by atoms with Crippen molar-refractivity contribution in [2.24, 2.45) is 0 Å². The van der Waals surface area contributed by atoms with Crippen molar-refractivity contribution in [1.82, 2.24) is 24.6 Å². The van der Waals surface area contributed by atoms with Gasteiger partial charge in [0.15, 0.2) is 5.65 Å². The van der Waals surface area contributed by atoms with Crippen molar-refractivity contribution in [3.05, 3.63) is 47.7 Å². The summed E-state index contributed by atoms with van der Waals surface area (Å²) in [6.45, 7) is 8.86. The normalized spacial score (nSPS) is 16.5. The molecule has 0 bridgehead atoms. The second-order valence-electron chi connectivity index (χ2n) is 9.80. The molecule has 3 aromatic rings. The van der Waals surface area contributed by atoms with Crippen LogP contribution < -0.4 is 4.74 Å². The van der Waals surface area contributed by atoms with E-state index in [0.717, 1.165) is 41.7 Å². The predicted octanol–water partition coefficient (Wildman–Crippen LogP) is 4.04. The first-order chi connectivity index (χ1) is 15.8. The van der Waals surface area contributed by atoms with E-state index in [9.17, 15) is 9.59 Å². The molecule has 0 spiro atoms. The molecule has 172 valence electrons. The summed E-state index contributed by atoms with van der Waals surface area (Å²) in [4.78, 5) is 32.8. The molecule has 0 N–H and O–H groups in total. The molecule has 2 aliphatic heterocycles. The summed E-state index contributed by atoms with van der Waals surface area (Å²) in [7, 11) is 0. The van der Waals surface area contributed by atoms with Crippen LogP contribution in [0.15, 0.2) is 36.4 Å². The van der Waals surface area contributed by atoms with E-state index in [4.69, 9.17) is 14.8 Å². The van der Waals surface area contributed by atoms with E-state index in [-0.39, 0.29) is 11.3 Å². The van der Waals surface area contributed by atoms with Gasteiger partial charge in [-0.25, -0.2) is 9.48 Å². The molecule has 1 fully saturated rings. The van der Waals surface area contributed by atoms with Crippen LogP contribution in [0.1, 0.15) is 51.3 Å². The van der Waals surface area contributed by atoms with Crippen molar-refractivity contribution in [3.8, 4) is 11.6 Å². The number of benzene rings is 1. The number of likely N-dealkylation sites (tertiary alicyclic amines) is 1. The molecule has 4 heterocycles. The van der Waals surface area contributed by atoms with Crippen LogP contribution in [0.3, 0.4) is 0 Å². The van der Waals surface area contributed by atoms with Crippen molar-refractivity contribution in [2.75, 3.05) is 19.6 Å². The highest BCUT2D eigenvalue weighted by Gasteiger charge is 2.30. The second-order valence-corrected chi connectivity index (χ2v) is 9.80. The summed E-state index contributed by atoms with van der Waals surface area (Å²) >= 11 is 0. The van der Waals surface area contributed by atoms with Gasteiger partial charge in [0.05, 0.1) is 17.9 Å². The number of ether oxygens (including phenoxy) is 1. The van der Waals surface area contributed by atoms with Crippen molar-refractivity contribution in [3.63, 3.8) is 0 Å². The van der Waals surface area contributed by atoms with Gasteiger partial charge >= 0.3 is 6.09 Å². The number of fused-ring (bicyclic) bond motifs is 2. The van der Waals surface area contributed by atoms with E-state index in [2.05, 4.69) is 26.8 Å². The zero-order valence-electron chi connectivity index (χ0n) is 19.4. The number of amides is 2. The van der Waals surface area contributed by atoms with Crippen LogP contribution in [0.25, 0.3) is 16.7 Å². The average molecular weight is 448 g/mol. The molecule has 0 aliphatic carbocycles. The zero-order valence-corrected chi connectivity index (χ0v) is 19.4. The maximum Gasteiger partial charge on any atom is 0.416 e. The third-order valence-electron chi connectivity index (χ3n) is 6.24. The molecule has 2 amide bonds. The van der Waals surface area contributed by atoms with Crippen molar-refractivity contribution >= 4 is 23.0 Å². The summed E-state index contributed by atoms with van der Waals surface area (Å²) in [6.07, 6.45) is 1.88. The molecule has 0 atom stereocenters. The van der Waals surface area contributed by atoms with Gasteiger partial charge in [-0.15, -0.1) is 0 Å². The van der Waals surface area contributed by atoms with Gasteiger partial charge in [-0.05, 0) is 31.0 Å². The Morgan fingerprint density at radius 1 is 1.06 bits per heavy atom. The lowest BCUT2D eigenvalue weighted by Crippen LogP contribution is -2.39. The maximum atomic E-state index is 12.7. The van der Waals surface area contributed by atoms with Gasteiger partial charge in [-0.3, -0.25) is 4.79 Å². The standard InChI is InChI=1S/C25H29N5O3/c1-25(2,3)21-19-15-17-16-29(14-8-13-28-12-7-11-20(28)31)24(32)33-23(17)26-22(19)30(27-21)18-9-5-4-6-10-18/h4-6,9-10,15H,7-8,11-14,16H2,1-3H3. The largest absolute Gasteiger partial charge is 0.416 e. The van der Waals surface area contributed by atoms with Crippen LogP contribution in [0, 0.1) is 0 Å². The number of hydrogen-bond acceptors (Lipinski definition) is 5. The molecule has 8 heteroatoms. The third-order valence-corrected chi connectivity index (χ3v) is 6.24. The number of aromatic nitrogens is 3. The van der Waals surface area contributed by atoms with Gasteiger partial charge in [-0.2, -0.15) is 10.1 Å². The third kappa shape index (κ3) is 4.05. The fourth-order valence-corrected chi connectivity index (χ4v) is 4.55. The van der Waals surface area contributed by atoms with Gasteiger partial charge in [-0.1, -0.05) is 39.0 Å². The molecule has 8 nitrogen and oxygen atoms in total. The molecule has 5 rings (SSSR count). The number of nitrogens with zero attached hydrogens (tertiary/aromatic N) is 5. The topological polar surface area (TPSA) is 80.6 Å². The van der Waals surface area contributed by atoms with Crippen LogP contribution in [-0.2, 0) is 16.8 Å². The van der Waals surface area contributed by atoms with E-state index < -0.39 is 6.09 Å². The van der Waals surface area contributed by atoms with Gasteiger partial charge in [0.25, 0.3) is 0 Å². The van der Waals surface area contributed by atoms with Crippen molar-refractivity contribution < 1.29 is 14.3 Å². The summed E-state index contributed by atoms with van der Waals surface area (Å²) < 4.78 is 7.46. The Bertz CT molecular complexity index is 1210. The van der Waals surface area contributed by atoms with Crippen molar-refractivity contribution in [2.45, 2.75) is 52.0 Å². The average Bonchev–Trinajstić information content (AvgIpc) is 3.36. The summed E-state index contributed by atoms with van der Waals surface area (Å²) in [5.41, 5.74) is 3.23. The number of rotatable bonds is 5. The minimum atomic E-state index is -0.399. The zero-order chi connectivity index (χ0) is 23.2. The smallest absolute Gasteiger partial charge is 0.391 e. The van der Waals surface area contributed by atoms with Gasteiger partial charge in [0.1, 0.15) is 0 Å². The number of carbonyl (C=O) groups is 2. The summed E-state index contributed by atoms with van der Waals surface area (Å²) in [6, 6.07) is 11.9. The van der Waals surface area contributed by atoms with Crippen LogP contribution in [0.5, 0.6) is 5.88 Å². The van der Waals surface area contributed by atoms with E-state index >= 15 is 0 Å². The highest BCUT2D eigenvalue weighted by Crippen LogP contribution is 2.35. The van der Waals surface area contributed by atoms with Crippen LogP contribution in [-0.4, -0.2) is 56.2 Å². The number of carbonyl (C=O) groups excluding carboxylic acids is 2. The fraction of sp³-hybridized carbons (Fsp3) is 0.440. The molecule has 33 heavy (non-hydrogen) atoms. The maximum absolute atomic E-state index is 12.7. The monoisotopic (exact) mass is 447 g/mol. The number of hydrogen-bond donors (Lipinski definition) is 0. The van der Waals surface area contributed by atoms with Crippen LogP contribution >= 0.6 is 0 Å². The first-order valence-electron chi connectivity index (χ1n) is 11.5. The minimum absolute atomic E-state index is 0.179. The molecule has 2 aliphatic rings. The Morgan fingerprint density at radius 3 is 2.52 bits per heavy atom. The molecule has 0 radical (unpaired) electrons. The quantitative estimate of drug-likeness (QED) is 0.590. The number of para-hydroxylation sites is 1. The Hall–Kier alpha value is -3.42. The summed E-state index contributed by atoms with van der Waals surface area (Å²) in [5.74, 6) is 0.550. The lowest BCUT2D eigenvalue weighted by molar-refractivity contribution is -0.127. The lowest BCUT2D eigenvalue weighted by Gasteiger charge is -2.28. The fourth-order valence-electron chi connectivity index (χ4n) is 4.55. The molecule has 1 aromatic carbocycles. The Morgan fingerprint density at radius 2 is 1.82 bits per heavy atom. The van der Waals surface area contributed by atoms with E-state index in [1.165, 1.54) is 0 Å². The highest BCUT2D eigenvalue weighted by atomic mass is 16.6. The Labute approximate surface area is 193 Å². The van der Waals surface area contributed by atoms with Gasteiger partial charge in [0.2, 0.25) is 11.8 Å².